The largest absolute Gasteiger partial charge is 0.479 e. The highest BCUT2D eigenvalue weighted by atomic mass is 16.4. The number of rotatable bonds is 4. The van der Waals surface area contributed by atoms with Gasteiger partial charge in [-0.15, -0.1) is 0 Å². The van der Waals surface area contributed by atoms with Gasteiger partial charge in [0.25, 0.3) is 0 Å². The number of aliphatic carboxylic acids is 1. The first kappa shape index (κ1) is 14.5. The average molecular weight is 276 g/mol. The Bertz CT molecular complexity index is 514. The van der Waals surface area contributed by atoms with Gasteiger partial charge in [0, 0.05) is 12.6 Å². The highest BCUT2D eigenvalue weighted by molar-refractivity contribution is 5.86. The van der Waals surface area contributed by atoms with Crippen LogP contribution in [0.15, 0.2) is 24.3 Å². The molecule has 2 N–H and O–H groups in total. The van der Waals surface area contributed by atoms with E-state index in [1.807, 2.05) is 32.0 Å². The van der Waals surface area contributed by atoms with Gasteiger partial charge in [-0.3, -0.25) is 4.79 Å². The molecule has 0 fully saturated rings. The SMILES string of the molecule is CC(C)NCC(=O)N1CCc2ccccc2C1C(=O)O. The predicted octanol–water partition coefficient (Wildman–Crippen LogP) is 1.19. The summed E-state index contributed by atoms with van der Waals surface area (Å²) in [6, 6.07) is 6.76. The maximum atomic E-state index is 12.2. The highest BCUT2D eigenvalue weighted by Crippen LogP contribution is 2.29. The van der Waals surface area contributed by atoms with Gasteiger partial charge in [-0.05, 0) is 17.5 Å². The number of carbonyl (C=O) groups excluding carboxylic acids is 1. The third kappa shape index (κ3) is 2.99. The number of carboxylic acids is 1. The van der Waals surface area contributed by atoms with Crippen molar-refractivity contribution in [3.63, 3.8) is 0 Å². The number of benzene rings is 1. The summed E-state index contributed by atoms with van der Waals surface area (Å²) in [7, 11) is 0. The van der Waals surface area contributed by atoms with E-state index in [2.05, 4.69) is 5.32 Å². The van der Waals surface area contributed by atoms with Crippen molar-refractivity contribution in [2.24, 2.45) is 0 Å². The van der Waals surface area contributed by atoms with Crippen LogP contribution in [0.2, 0.25) is 0 Å². The van der Waals surface area contributed by atoms with E-state index < -0.39 is 12.0 Å². The third-order valence-electron chi connectivity index (χ3n) is 3.50. The van der Waals surface area contributed by atoms with Crippen LogP contribution in [0.3, 0.4) is 0 Å². The van der Waals surface area contributed by atoms with Crippen LogP contribution in [0.5, 0.6) is 0 Å². The summed E-state index contributed by atoms with van der Waals surface area (Å²) in [5, 5.41) is 12.5. The molecule has 0 saturated carbocycles. The van der Waals surface area contributed by atoms with Crippen LogP contribution >= 0.6 is 0 Å². The number of hydrogen-bond acceptors (Lipinski definition) is 3. The summed E-state index contributed by atoms with van der Waals surface area (Å²) in [6.45, 7) is 4.52. The number of hydrogen-bond donors (Lipinski definition) is 2. The normalized spacial score (nSPS) is 17.9. The first-order valence-electron chi connectivity index (χ1n) is 6.84. The van der Waals surface area contributed by atoms with Crippen LogP contribution in [0.25, 0.3) is 0 Å². The van der Waals surface area contributed by atoms with E-state index in [9.17, 15) is 14.7 Å². The van der Waals surface area contributed by atoms with E-state index in [0.717, 1.165) is 11.1 Å². The molecule has 5 heteroatoms. The Balaban J connectivity index is 2.22. The molecular weight excluding hydrogens is 256 g/mol. The lowest BCUT2D eigenvalue weighted by atomic mass is 9.92. The average Bonchev–Trinajstić information content (AvgIpc) is 2.43. The molecule has 1 aromatic carbocycles. The van der Waals surface area contributed by atoms with E-state index in [1.54, 1.807) is 6.07 Å². The molecule has 2 rings (SSSR count). The fourth-order valence-corrected chi connectivity index (χ4v) is 2.49. The zero-order valence-corrected chi connectivity index (χ0v) is 11.8. The number of nitrogens with zero attached hydrogens (tertiary/aromatic N) is 1. The second-order valence-electron chi connectivity index (χ2n) is 5.31. The smallest absolute Gasteiger partial charge is 0.331 e. The highest BCUT2D eigenvalue weighted by Gasteiger charge is 2.35. The lowest BCUT2D eigenvalue weighted by Gasteiger charge is -2.35. The number of carboxylic acid groups (broad SMARTS) is 1. The van der Waals surface area contributed by atoms with Crippen LogP contribution in [-0.4, -0.2) is 41.0 Å². The van der Waals surface area contributed by atoms with Gasteiger partial charge < -0.3 is 15.3 Å². The zero-order chi connectivity index (χ0) is 14.7. The first-order valence-corrected chi connectivity index (χ1v) is 6.84. The first-order chi connectivity index (χ1) is 9.50. The molecule has 1 unspecified atom stereocenters. The van der Waals surface area contributed by atoms with E-state index in [0.29, 0.717) is 13.0 Å². The monoisotopic (exact) mass is 276 g/mol. The molecule has 1 atom stereocenters. The van der Waals surface area contributed by atoms with Gasteiger partial charge in [0.15, 0.2) is 6.04 Å². The van der Waals surface area contributed by atoms with Crippen molar-refractivity contribution in [3.05, 3.63) is 35.4 Å². The van der Waals surface area contributed by atoms with Crippen LogP contribution in [0, 0.1) is 0 Å². The molecule has 20 heavy (non-hydrogen) atoms. The van der Waals surface area contributed by atoms with Crippen molar-refractivity contribution in [2.75, 3.05) is 13.1 Å². The number of carbonyl (C=O) groups is 2. The lowest BCUT2D eigenvalue weighted by Crippen LogP contribution is -2.47. The van der Waals surface area contributed by atoms with Crippen molar-refractivity contribution in [2.45, 2.75) is 32.4 Å². The second-order valence-corrected chi connectivity index (χ2v) is 5.31. The van der Waals surface area contributed by atoms with Crippen molar-refractivity contribution in [1.82, 2.24) is 10.2 Å². The molecule has 0 radical (unpaired) electrons. The van der Waals surface area contributed by atoms with Gasteiger partial charge in [-0.2, -0.15) is 0 Å². The minimum absolute atomic E-state index is 0.166. The maximum Gasteiger partial charge on any atom is 0.331 e. The minimum Gasteiger partial charge on any atom is -0.479 e. The summed E-state index contributed by atoms with van der Waals surface area (Å²) in [5.74, 6) is -1.14. The summed E-state index contributed by atoms with van der Waals surface area (Å²) in [5.41, 5.74) is 1.74. The molecule has 0 spiro atoms. The van der Waals surface area contributed by atoms with Gasteiger partial charge >= 0.3 is 5.97 Å². The van der Waals surface area contributed by atoms with Gasteiger partial charge in [-0.25, -0.2) is 4.79 Å². The second kappa shape index (κ2) is 6.05. The lowest BCUT2D eigenvalue weighted by molar-refractivity contribution is -0.150. The standard InChI is InChI=1S/C15H20N2O3/c1-10(2)16-9-13(18)17-8-7-11-5-3-4-6-12(11)14(17)15(19)20/h3-6,10,14,16H,7-9H2,1-2H3,(H,19,20). The summed E-state index contributed by atoms with van der Waals surface area (Å²) in [6.07, 6.45) is 0.702. The molecule has 0 aliphatic carbocycles. The molecule has 0 bridgehead atoms. The Hall–Kier alpha value is -1.88. The molecule has 1 aliphatic heterocycles. The van der Waals surface area contributed by atoms with Crippen molar-refractivity contribution in [1.29, 1.82) is 0 Å². The summed E-state index contributed by atoms with van der Waals surface area (Å²) in [4.78, 5) is 25.2. The summed E-state index contributed by atoms with van der Waals surface area (Å²) < 4.78 is 0. The molecule has 0 aromatic heterocycles. The van der Waals surface area contributed by atoms with E-state index in [4.69, 9.17) is 0 Å². The molecule has 1 aliphatic rings. The Kier molecular flexibility index (Phi) is 4.39. The van der Waals surface area contributed by atoms with Crippen molar-refractivity contribution in [3.8, 4) is 0 Å². The van der Waals surface area contributed by atoms with Crippen LogP contribution < -0.4 is 5.32 Å². The van der Waals surface area contributed by atoms with Crippen LogP contribution in [0.4, 0.5) is 0 Å². The van der Waals surface area contributed by atoms with Crippen LogP contribution in [0.1, 0.15) is 31.0 Å². The number of fused-ring (bicyclic) bond motifs is 1. The predicted molar refractivity (Wildman–Crippen MR) is 75.4 cm³/mol. The fourth-order valence-electron chi connectivity index (χ4n) is 2.49. The Labute approximate surface area is 118 Å². The van der Waals surface area contributed by atoms with E-state index in [-0.39, 0.29) is 18.5 Å². The number of nitrogens with one attached hydrogen (secondary N) is 1. The number of amides is 1. The molecule has 108 valence electrons. The van der Waals surface area contributed by atoms with Crippen molar-refractivity contribution < 1.29 is 14.7 Å². The Morgan fingerprint density at radius 1 is 1.40 bits per heavy atom. The molecule has 1 heterocycles. The van der Waals surface area contributed by atoms with Crippen LogP contribution in [-0.2, 0) is 16.0 Å². The van der Waals surface area contributed by atoms with Gasteiger partial charge in [-0.1, -0.05) is 38.1 Å². The third-order valence-corrected chi connectivity index (χ3v) is 3.50. The molecule has 1 aromatic rings. The fraction of sp³-hybridized carbons (Fsp3) is 0.467. The molecule has 0 saturated heterocycles. The minimum atomic E-state index is -0.977. The van der Waals surface area contributed by atoms with Gasteiger partial charge in [0.05, 0.1) is 6.54 Å². The topological polar surface area (TPSA) is 69.6 Å². The quantitative estimate of drug-likeness (QED) is 0.867. The zero-order valence-electron chi connectivity index (χ0n) is 11.8. The van der Waals surface area contributed by atoms with Gasteiger partial charge in [0.1, 0.15) is 0 Å². The molecule has 1 amide bonds. The molecular formula is C15H20N2O3. The van der Waals surface area contributed by atoms with E-state index >= 15 is 0 Å². The Morgan fingerprint density at radius 3 is 2.75 bits per heavy atom. The Morgan fingerprint density at radius 2 is 2.10 bits per heavy atom. The maximum absolute atomic E-state index is 12.2. The van der Waals surface area contributed by atoms with Gasteiger partial charge in [0.2, 0.25) is 5.91 Å². The molecule has 5 nitrogen and oxygen atoms in total. The van der Waals surface area contributed by atoms with Crippen molar-refractivity contribution >= 4 is 11.9 Å². The summed E-state index contributed by atoms with van der Waals surface area (Å²) >= 11 is 0. The van der Waals surface area contributed by atoms with E-state index in [1.165, 1.54) is 4.90 Å².